The molecule has 0 saturated heterocycles. The van der Waals surface area contributed by atoms with Gasteiger partial charge in [0, 0.05) is 0 Å². The molecule has 0 spiro atoms. The Balaban J connectivity index is 1.97. The minimum absolute atomic E-state index is 0.250. The van der Waals surface area contributed by atoms with E-state index in [1.54, 1.807) is 0 Å². The van der Waals surface area contributed by atoms with E-state index in [0.717, 1.165) is 28.8 Å². The summed E-state index contributed by atoms with van der Waals surface area (Å²) < 4.78 is 6.61. The van der Waals surface area contributed by atoms with E-state index in [-0.39, 0.29) is 5.95 Å². The minimum Gasteiger partial charge on any atom is -0.438 e. The number of aryl methyl sites for hydroxylation is 1. The lowest BCUT2D eigenvalue weighted by Crippen LogP contribution is -2.03. The standard InChI is InChI=1S/C18H24BrN3O/c1-2-3-4-5-6-10-13-15-16(19)17(22-18(20)21-15)23-14-11-8-7-9-12-14/h7-9,11-12H,2-6,10,13H2,1H3,(H2,20,21,22). The maximum absolute atomic E-state index is 5.83. The van der Waals surface area contributed by atoms with E-state index in [1.807, 2.05) is 30.3 Å². The lowest BCUT2D eigenvalue weighted by Gasteiger charge is -2.10. The van der Waals surface area contributed by atoms with Gasteiger partial charge in [0.15, 0.2) is 0 Å². The zero-order chi connectivity index (χ0) is 16.5. The van der Waals surface area contributed by atoms with Gasteiger partial charge in [0.2, 0.25) is 11.8 Å². The molecule has 23 heavy (non-hydrogen) atoms. The van der Waals surface area contributed by atoms with Gasteiger partial charge < -0.3 is 10.5 Å². The van der Waals surface area contributed by atoms with Gasteiger partial charge in [0.1, 0.15) is 10.2 Å². The number of unbranched alkanes of at least 4 members (excludes halogenated alkanes) is 5. The molecule has 0 atom stereocenters. The fraction of sp³-hybridized carbons (Fsp3) is 0.444. The van der Waals surface area contributed by atoms with Crippen LogP contribution in [0.4, 0.5) is 5.95 Å². The van der Waals surface area contributed by atoms with E-state index in [1.165, 1.54) is 32.1 Å². The predicted molar refractivity (Wildman–Crippen MR) is 97.7 cm³/mol. The highest BCUT2D eigenvalue weighted by atomic mass is 79.9. The van der Waals surface area contributed by atoms with Gasteiger partial charge in [0.05, 0.1) is 5.69 Å². The van der Waals surface area contributed by atoms with Crippen LogP contribution in [-0.4, -0.2) is 9.97 Å². The van der Waals surface area contributed by atoms with E-state index in [2.05, 4.69) is 32.8 Å². The number of nitrogens with two attached hydrogens (primary N) is 1. The van der Waals surface area contributed by atoms with Gasteiger partial charge in [-0.15, -0.1) is 0 Å². The molecule has 0 bridgehead atoms. The number of nitrogens with zero attached hydrogens (tertiary/aromatic N) is 2. The van der Waals surface area contributed by atoms with Crippen molar-refractivity contribution < 1.29 is 4.74 Å². The van der Waals surface area contributed by atoms with Crippen LogP contribution in [0.15, 0.2) is 34.8 Å². The molecule has 0 aliphatic rings. The van der Waals surface area contributed by atoms with Crippen molar-refractivity contribution in [2.75, 3.05) is 5.73 Å². The Bertz CT molecular complexity index is 605. The van der Waals surface area contributed by atoms with Crippen molar-refractivity contribution in [2.45, 2.75) is 51.9 Å². The molecule has 1 heterocycles. The van der Waals surface area contributed by atoms with Crippen LogP contribution in [0.2, 0.25) is 0 Å². The number of rotatable bonds is 9. The summed E-state index contributed by atoms with van der Waals surface area (Å²) in [5.74, 6) is 1.46. The maximum Gasteiger partial charge on any atom is 0.238 e. The fourth-order valence-electron chi connectivity index (χ4n) is 2.40. The Hall–Kier alpha value is -1.62. The van der Waals surface area contributed by atoms with Crippen LogP contribution in [0.3, 0.4) is 0 Å². The topological polar surface area (TPSA) is 61.0 Å². The highest BCUT2D eigenvalue weighted by Crippen LogP contribution is 2.31. The molecule has 2 rings (SSSR count). The summed E-state index contributed by atoms with van der Waals surface area (Å²) in [6, 6.07) is 9.56. The molecule has 0 radical (unpaired) electrons. The van der Waals surface area contributed by atoms with Crippen molar-refractivity contribution >= 4 is 21.9 Å². The number of anilines is 1. The molecule has 0 fully saturated rings. The Morgan fingerprint density at radius 3 is 2.43 bits per heavy atom. The highest BCUT2D eigenvalue weighted by Gasteiger charge is 2.13. The zero-order valence-electron chi connectivity index (χ0n) is 13.6. The van der Waals surface area contributed by atoms with E-state index >= 15 is 0 Å². The van der Waals surface area contributed by atoms with Crippen LogP contribution >= 0.6 is 15.9 Å². The van der Waals surface area contributed by atoms with Crippen molar-refractivity contribution in [3.05, 3.63) is 40.5 Å². The Kier molecular flexibility index (Phi) is 7.33. The molecule has 0 amide bonds. The summed E-state index contributed by atoms with van der Waals surface area (Å²) in [6.07, 6.45) is 8.37. The average Bonchev–Trinajstić information content (AvgIpc) is 2.55. The number of ether oxygens (including phenoxy) is 1. The molecular formula is C18H24BrN3O. The second kappa shape index (κ2) is 9.50. The number of halogens is 1. The highest BCUT2D eigenvalue weighted by molar-refractivity contribution is 9.10. The molecule has 1 aromatic heterocycles. The maximum atomic E-state index is 5.83. The van der Waals surface area contributed by atoms with Crippen LogP contribution in [0.25, 0.3) is 0 Å². The molecule has 0 saturated carbocycles. The fourth-order valence-corrected chi connectivity index (χ4v) is 2.85. The average molecular weight is 378 g/mol. The van der Waals surface area contributed by atoms with E-state index in [0.29, 0.717) is 5.88 Å². The molecule has 2 aromatic rings. The van der Waals surface area contributed by atoms with Crippen molar-refractivity contribution in [3.8, 4) is 11.6 Å². The van der Waals surface area contributed by atoms with E-state index in [9.17, 15) is 0 Å². The summed E-state index contributed by atoms with van der Waals surface area (Å²) in [5, 5.41) is 0. The second-order valence-electron chi connectivity index (χ2n) is 5.58. The van der Waals surface area contributed by atoms with Crippen LogP contribution in [0, 0.1) is 0 Å². The molecule has 124 valence electrons. The number of nitrogen functional groups attached to an aromatic ring is 1. The first-order chi connectivity index (χ1) is 11.2. The van der Waals surface area contributed by atoms with Crippen molar-refractivity contribution in [1.82, 2.24) is 9.97 Å². The normalized spacial score (nSPS) is 10.7. The summed E-state index contributed by atoms with van der Waals surface area (Å²) >= 11 is 3.56. The second-order valence-corrected chi connectivity index (χ2v) is 6.37. The van der Waals surface area contributed by atoms with Crippen LogP contribution in [0.1, 0.15) is 51.1 Å². The van der Waals surface area contributed by atoms with Gasteiger partial charge >= 0.3 is 0 Å². The van der Waals surface area contributed by atoms with Gasteiger partial charge in [-0.05, 0) is 40.9 Å². The first-order valence-corrected chi connectivity index (χ1v) is 9.04. The number of benzene rings is 1. The van der Waals surface area contributed by atoms with Crippen molar-refractivity contribution in [3.63, 3.8) is 0 Å². The molecule has 0 aliphatic carbocycles. The minimum atomic E-state index is 0.250. The SMILES string of the molecule is CCCCCCCCc1nc(N)nc(Oc2ccccc2)c1Br. The summed E-state index contributed by atoms with van der Waals surface area (Å²) in [5.41, 5.74) is 6.74. The van der Waals surface area contributed by atoms with Gasteiger partial charge in [-0.2, -0.15) is 4.98 Å². The monoisotopic (exact) mass is 377 g/mol. The molecule has 1 aromatic carbocycles. The quantitative estimate of drug-likeness (QED) is 0.584. The Morgan fingerprint density at radius 1 is 1.00 bits per heavy atom. The third-order valence-electron chi connectivity index (χ3n) is 3.63. The lowest BCUT2D eigenvalue weighted by atomic mass is 10.1. The Labute approximate surface area is 146 Å². The molecule has 5 heteroatoms. The number of hydrogen-bond acceptors (Lipinski definition) is 4. The number of hydrogen-bond donors (Lipinski definition) is 1. The molecule has 2 N–H and O–H groups in total. The van der Waals surface area contributed by atoms with Crippen LogP contribution < -0.4 is 10.5 Å². The van der Waals surface area contributed by atoms with Gasteiger partial charge in [-0.1, -0.05) is 57.2 Å². The van der Waals surface area contributed by atoms with Crippen LogP contribution in [0.5, 0.6) is 11.6 Å². The van der Waals surface area contributed by atoms with Gasteiger partial charge in [-0.25, -0.2) is 4.98 Å². The van der Waals surface area contributed by atoms with Gasteiger partial charge in [0.25, 0.3) is 0 Å². The first kappa shape index (κ1) is 17.7. The smallest absolute Gasteiger partial charge is 0.238 e. The van der Waals surface area contributed by atoms with Crippen molar-refractivity contribution in [2.24, 2.45) is 0 Å². The first-order valence-electron chi connectivity index (χ1n) is 8.25. The van der Waals surface area contributed by atoms with Crippen LogP contribution in [-0.2, 0) is 6.42 Å². The molecular weight excluding hydrogens is 354 g/mol. The van der Waals surface area contributed by atoms with Gasteiger partial charge in [-0.3, -0.25) is 0 Å². The largest absolute Gasteiger partial charge is 0.438 e. The van der Waals surface area contributed by atoms with E-state index < -0.39 is 0 Å². The summed E-state index contributed by atoms with van der Waals surface area (Å²) in [4.78, 5) is 8.54. The molecule has 4 nitrogen and oxygen atoms in total. The third-order valence-corrected chi connectivity index (χ3v) is 4.43. The number of aromatic nitrogens is 2. The summed E-state index contributed by atoms with van der Waals surface area (Å²) in [7, 11) is 0. The lowest BCUT2D eigenvalue weighted by molar-refractivity contribution is 0.457. The Morgan fingerprint density at radius 2 is 1.70 bits per heavy atom. The molecule has 0 aliphatic heterocycles. The predicted octanol–water partition coefficient (Wildman–Crippen LogP) is 5.52. The zero-order valence-corrected chi connectivity index (χ0v) is 15.2. The molecule has 0 unspecified atom stereocenters. The number of para-hydroxylation sites is 1. The third kappa shape index (κ3) is 5.82. The van der Waals surface area contributed by atoms with E-state index in [4.69, 9.17) is 10.5 Å². The summed E-state index contributed by atoms with van der Waals surface area (Å²) in [6.45, 7) is 2.23. The van der Waals surface area contributed by atoms with Crippen molar-refractivity contribution in [1.29, 1.82) is 0 Å².